The van der Waals surface area contributed by atoms with Crippen LogP contribution in [-0.4, -0.2) is 116 Å². The van der Waals surface area contributed by atoms with Gasteiger partial charge in [-0.05, 0) is 95.9 Å². The van der Waals surface area contributed by atoms with Crippen LogP contribution in [0.1, 0.15) is 82.3 Å². The quantitative estimate of drug-likeness (QED) is 0.0373. The molecular weight excluding hydrogens is 825 g/mol. The van der Waals surface area contributed by atoms with Gasteiger partial charge in [-0.25, -0.2) is 22.7 Å². The molecule has 1 aliphatic rings. The first-order valence-corrected chi connectivity index (χ1v) is 22.2. The monoisotopic (exact) mass is 886 g/mol. The van der Waals surface area contributed by atoms with E-state index >= 15 is 0 Å². The van der Waals surface area contributed by atoms with E-state index in [0.29, 0.717) is 45.1 Å². The number of hydrogen-bond acceptors (Lipinski definition) is 12. The van der Waals surface area contributed by atoms with Crippen molar-refractivity contribution in [1.29, 1.82) is 0 Å². The van der Waals surface area contributed by atoms with Crippen LogP contribution in [0.15, 0.2) is 64.5 Å². The minimum absolute atomic E-state index is 0.00166. The molecule has 1 fully saturated rings. The molecule has 21 heteroatoms. The average molecular weight is 887 g/mol. The summed E-state index contributed by atoms with van der Waals surface area (Å²) in [6, 6.07) is 9.79. The smallest absolute Gasteiger partial charge is 0.407 e. The highest BCUT2D eigenvalue weighted by Crippen LogP contribution is 2.20. The van der Waals surface area contributed by atoms with E-state index in [1.54, 1.807) is 12.1 Å². The number of carboxylic acid groups (broad SMARTS) is 1. The normalized spacial score (nSPS) is 16.0. The molecule has 1 heterocycles. The lowest BCUT2D eigenvalue weighted by Gasteiger charge is -2.30. The summed E-state index contributed by atoms with van der Waals surface area (Å²) >= 11 is 0. The summed E-state index contributed by atoms with van der Waals surface area (Å²) in [6.07, 6.45) is 2.70. The number of nitrogens with zero attached hydrogens (tertiary/aromatic N) is 2. The lowest BCUT2D eigenvalue weighted by molar-refractivity contribution is -0.143. The number of hydrogen-bond donors (Lipinski definition) is 9. The van der Waals surface area contributed by atoms with E-state index in [0.717, 1.165) is 11.1 Å². The molecule has 0 spiro atoms. The molecule has 62 heavy (non-hydrogen) atoms. The minimum Gasteiger partial charge on any atom is -0.480 e. The van der Waals surface area contributed by atoms with E-state index in [4.69, 9.17) is 21.9 Å². The van der Waals surface area contributed by atoms with Crippen molar-refractivity contribution >= 4 is 51.7 Å². The molecule has 342 valence electrons. The molecule has 1 aliphatic heterocycles. The van der Waals surface area contributed by atoms with Crippen molar-refractivity contribution in [3.05, 3.63) is 65.7 Å². The summed E-state index contributed by atoms with van der Waals surface area (Å²) < 4.78 is 32.8. The summed E-state index contributed by atoms with van der Waals surface area (Å²) in [5.74, 6) is -4.18. The molecule has 0 radical (unpaired) electrons. The number of aryl methyl sites for hydroxylation is 1. The molecule has 5 amide bonds. The van der Waals surface area contributed by atoms with Crippen LogP contribution in [0.3, 0.4) is 0 Å². The fourth-order valence-electron chi connectivity index (χ4n) is 6.49. The summed E-state index contributed by atoms with van der Waals surface area (Å²) in [7, 11) is -3.99. The van der Waals surface area contributed by atoms with Gasteiger partial charge in [-0.1, -0.05) is 54.4 Å². The minimum atomic E-state index is -3.99. The van der Waals surface area contributed by atoms with Crippen molar-refractivity contribution in [3.63, 3.8) is 0 Å². The zero-order chi connectivity index (χ0) is 45.7. The van der Waals surface area contributed by atoms with E-state index in [1.807, 2.05) is 37.3 Å². The molecule has 5 atom stereocenters. The van der Waals surface area contributed by atoms with Gasteiger partial charge in [-0.2, -0.15) is 0 Å². The molecule has 0 bridgehead atoms. The molecular formula is C41H62N10O10S. The number of amides is 5. The van der Waals surface area contributed by atoms with Gasteiger partial charge in [-0.15, -0.1) is 0 Å². The van der Waals surface area contributed by atoms with Crippen molar-refractivity contribution in [1.82, 2.24) is 30.9 Å². The van der Waals surface area contributed by atoms with E-state index in [1.165, 1.54) is 24.0 Å². The first-order valence-electron chi connectivity index (χ1n) is 20.8. The Hall–Kier alpha value is -5.80. The first-order chi connectivity index (χ1) is 29.5. The Bertz CT molecular complexity index is 1940. The molecule has 0 aromatic heterocycles. The van der Waals surface area contributed by atoms with Crippen LogP contribution in [0.5, 0.6) is 0 Å². The topological polar surface area (TPSA) is 320 Å². The lowest BCUT2D eigenvalue weighted by atomic mass is 10.1. The molecule has 12 N–H and O–H groups in total. The van der Waals surface area contributed by atoms with Crippen molar-refractivity contribution in [2.45, 2.75) is 120 Å². The number of alkyl carbamates (subject to hydrolysis) is 1. The van der Waals surface area contributed by atoms with Gasteiger partial charge in [0.1, 0.15) is 30.8 Å². The van der Waals surface area contributed by atoms with E-state index < -0.39 is 75.9 Å². The summed E-state index contributed by atoms with van der Waals surface area (Å²) in [4.78, 5) is 83.1. The Labute approximate surface area is 362 Å². The zero-order valence-corrected chi connectivity index (χ0v) is 36.2. The first kappa shape index (κ1) is 50.6. The number of carbonyl (C=O) groups is 6. The van der Waals surface area contributed by atoms with Crippen molar-refractivity contribution in [2.24, 2.45) is 22.2 Å². The van der Waals surface area contributed by atoms with Crippen LogP contribution >= 0.6 is 0 Å². The Morgan fingerprint density at radius 3 is 2.23 bits per heavy atom. The highest BCUT2D eigenvalue weighted by atomic mass is 32.2. The second kappa shape index (κ2) is 25.9. The standard InChI is InChI=1S/C41H62N10O10S/c1-27-18-20-30(21-19-27)62(59,60)50-40(44)45-24-10-16-32(48-36(53)31(43)14-6-8-22-42)38(55)51-25-11-17-34(51)37(54)47-28(2)35(52)49-33(39(56)57)15-7-9-23-46-41(58)61-26-29-12-4-3-5-13-29/h3-5,12-13,18-21,28,31-34H,6-11,14-17,22-26,42-43H2,1-2H3,(H,46,58)(H,47,54)(H,48,53)(H,49,52)(H,56,57)(H3,44,45,50)/t28-,31-,32-,33-,34-/m0/s1. The molecule has 20 nitrogen and oxygen atoms in total. The predicted octanol–water partition coefficient (Wildman–Crippen LogP) is 0.471. The number of guanidine groups is 1. The molecule has 2 aromatic rings. The second-order valence-electron chi connectivity index (χ2n) is 15.1. The van der Waals surface area contributed by atoms with Gasteiger partial charge in [0.15, 0.2) is 0 Å². The van der Waals surface area contributed by atoms with E-state index in [2.05, 4.69) is 31.0 Å². The molecule has 0 aliphatic carbocycles. The number of likely N-dealkylation sites (tertiary alicyclic amines) is 1. The maximum atomic E-state index is 14.0. The van der Waals surface area contributed by atoms with E-state index in [-0.39, 0.29) is 62.8 Å². The number of rotatable bonds is 25. The fraction of sp³-hybridized carbons (Fsp3) is 0.537. The van der Waals surface area contributed by atoms with E-state index in [9.17, 15) is 42.3 Å². The van der Waals surface area contributed by atoms with Crippen LogP contribution in [0, 0.1) is 6.92 Å². The number of nitrogens with one attached hydrogen (secondary N) is 5. The number of benzene rings is 2. The number of aliphatic imine (C=N–C) groups is 1. The van der Waals surface area contributed by atoms with Gasteiger partial charge >= 0.3 is 12.1 Å². The zero-order valence-electron chi connectivity index (χ0n) is 35.3. The van der Waals surface area contributed by atoms with Gasteiger partial charge in [0.2, 0.25) is 29.6 Å². The van der Waals surface area contributed by atoms with Crippen LogP contribution in [0.4, 0.5) is 4.79 Å². The predicted molar refractivity (Wildman–Crippen MR) is 230 cm³/mol. The summed E-state index contributed by atoms with van der Waals surface area (Å²) in [5.41, 5.74) is 19.3. The number of sulfonamides is 1. The largest absolute Gasteiger partial charge is 0.480 e. The summed E-state index contributed by atoms with van der Waals surface area (Å²) in [6.45, 7) is 4.13. The SMILES string of the molecule is Cc1ccc(S(=O)(=O)NC(N)=NCCC[C@H](NC(=O)[C@@H](N)CCCCN)C(=O)N2CCC[C@H]2C(=O)N[C@@H](C)C(=O)N[C@@H](CCCCNC(=O)OCc2ccccc2)C(=O)O)cc1. The van der Waals surface area contributed by atoms with Gasteiger partial charge in [0.25, 0.3) is 10.0 Å². The highest BCUT2D eigenvalue weighted by molar-refractivity contribution is 7.90. The fourth-order valence-corrected chi connectivity index (χ4v) is 7.44. The lowest BCUT2D eigenvalue weighted by Crippen LogP contribution is -2.57. The summed E-state index contributed by atoms with van der Waals surface area (Å²) in [5, 5.41) is 20.1. The van der Waals surface area contributed by atoms with Crippen LogP contribution in [0.2, 0.25) is 0 Å². The Morgan fingerprint density at radius 1 is 0.887 bits per heavy atom. The maximum Gasteiger partial charge on any atom is 0.407 e. The number of aliphatic carboxylic acids is 1. The number of nitrogens with two attached hydrogens (primary N) is 3. The molecule has 0 saturated carbocycles. The Balaban J connectivity index is 1.56. The number of ether oxygens (including phenoxy) is 1. The van der Waals surface area contributed by atoms with Gasteiger partial charge in [0.05, 0.1) is 10.9 Å². The average Bonchev–Trinajstić information content (AvgIpc) is 3.74. The second-order valence-corrected chi connectivity index (χ2v) is 16.8. The number of carboxylic acids is 1. The molecule has 3 rings (SSSR count). The third-order valence-electron chi connectivity index (χ3n) is 10.0. The van der Waals surface area contributed by atoms with Crippen molar-refractivity contribution < 1.29 is 47.0 Å². The Kier molecular flexibility index (Phi) is 21.1. The number of unbranched alkanes of at least 4 members (excludes halogenated alkanes) is 2. The van der Waals surface area contributed by atoms with Gasteiger partial charge in [0, 0.05) is 19.6 Å². The van der Waals surface area contributed by atoms with Crippen molar-refractivity contribution in [2.75, 3.05) is 26.2 Å². The number of carbonyl (C=O) groups excluding carboxylic acids is 5. The van der Waals surface area contributed by atoms with Crippen LogP contribution in [-0.2, 0) is 45.3 Å². The van der Waals surface area contributed by atoms with Crippen LogP contribution < -0.4 is 43.2 Å². The van der Waals surface area contributed by atoms with Gasteiger partial charge in [-0.3, -0.25) is 24.2 Å². The maximum absolute atomic E-state index is 14.0. The van der Waals surface area contributed by atoms with Gasteiger partial charge < -0.3 is 53.2 Å². The molecule has 0 unspecified atom stereocenters. The Morgan fingerprint density at radius 2 is 1.55 bits per heavy atom. The molecule has 2 aromatic carbocycles. The molecule has 1 saturated heterocycles. The third kappa shape index (κ3) is 17.3. The highest BCUT2D eigenvalue weighted by Gasteiger charge is 2.39. The van der Waals surface area contributed by atoms with Crippen molar-refractivity contribution in [3.8, 4) is 0 Å². The third-order valence-corrected chi connectivity index (χ3v) is 11.4. The van der Waals surface area contributed by atoms with Crippen LogP contribution in [0.25, 0.3) is 0 Å².